The molecule has 1 aliphatic rings. The molecule has 19 heavy (non-hydrogen) atoms. The van der Waals surface area contributed by atoms with Gasteiger partial charge in [0.15, 0.2) is 6.29 Å². The average molecular weight is 263 g/mol. The van der Waals surface area contributed by atoms with Crippen LogP contribution in [0, 0.1) is 10.1 Å². The van der Waals surface area contributed by atoms with Crippen LogP contribution in [0.1, 0.15) is 17.3 Å². The third-order valence-corrected chi connectivity index (χ3v) is 3.51. The maximum atomic E-state index is 11.1. The number of hydrogen-bond donors (Lipinski definition) is 0. The minimum Gasteiger partial charge on any atom is -0.368 e. The molecule has 6 heteroatoms. The van der Waals surface area contributed by atoms with E-state index in [1.165, 1.54) is 12.1 Å². The topological polar surface area (TPSA) is 66.7 Å². The summed E-state index contributed by atoms with van der Waals surface area (Å²) in [6.07, 6.45) is 0.689. The highest BCUT2D eigenvalue weighted by Crippen LogP contribution is 2.25. The maximum absolute atomic E-state index is 11.1. The average Bonchev–Trinajstić information content (AvgIpc) is 2.46. The van der Waals surface area contributed by atoms with Gasteiger partial charge in [-0.15, -0.1) is 0 Å². The molecule has 102 valence electrons. The Morgan fingerprint density at radius 1 is 1.32 bits per heavy atom. The number of anilines is 1. The second-order valence-electron chi connectivity index (χ2n) is 4.54. The van der Waals surface area contributed by atoms with E-state index in [0.717, 1.165) is 38.4 Å². The normalized spacial score (nSPS) is 16.4. The SMILES string of the molecule is CCN1CCN(c2ccc([N+](=O)[O-])cc2C=O)CC1. The second-order valence-corrected chi connectivity index (χ2v) is 4.54. The predicted octanol–water partition coefficient (Wildman–Crippen LogP) is 1.55. The van der Waals surface area contributed by atoms with Gasteiger partial charge in [0.1, 0.15) is 0 Å². The second kappa shape index (κ2) is 5.79. The molecule has 0 aliphatic carbocycles. The van der Waals surface area contributed by atoms with E-state index in [1.807, 2.05) is 0 Å². The van der Waals surface area contributed by atoms with Crippen LogP contribution in [0.3, 0.4) is 0 Å². The van der Waals surface area contributed by atoms with E-state index in [1.54, 1.807) is 6.07 Å². The first kappa shape index (κ1) is 13.5. The quantitative estimate of drug-likeness (QED) is 0.468. The molecule has 1 fully saturated rings. The highest BCUT2D eigenvalue weighted by molar-refractivity contribution is 5.86. The summed E-state index contributed by atoms with van der Waals surface area (Å²) in [5.41, 5.74) is 1.13. The summed E-state index contributed by atoms with van der Waals surface area (Å²) in [6, 6.07) is 4.46. The fraction of sp³-hybridized carbons (Fsp3) is 0.462. The molecule has 1 saturated heterocycles. The predicted molar refractivity (Wildman–Crippen MR) is 72.8 cm³/mol. The van der Waals surface area contributed by atoms with Gasteiger partial charge >= 0.3 is 0 Å². The minimum atomic E-state index is -0.480. The Kier molecular flexibility index (Phi) is 4.11. The molecule has 1 aliphatic heterocycles. The molecule has 0 aromatic heterocycles. The Labute approximate surface area is 111 Å². The molecule has 0 N–H and O–H groups in total. The van der Waals surface area contributed by atoms with E-state index in [2.05, 4.69) is 16.7 Å². The number of aldehydes is 1. The summed E-state index contributed by atoms with van der Waals surface area (Å²) < 4.78 is 0. The van der Waals surface area contributed by atoms with Gasteiger partial charge in [0.25, 0.3) is 5.69 Å². The molecule has 1 aromatic rings. The van der Waals surface area contributed by atoms with Gasteiger partial charge < -0.3 is 9.80 Å². The lowest BCUT2D eigenvalue weighted by Gasteiger charge is -2.36. The molecule has 0 unspecified atom stereocenters. The van der Waals surface area contributed by atoms with E-state index in [0.29, 0.717) is 11.8 Å². The van der Waals surface area contributed by atoms with Gasteiger partial charge in [-0.2, -0.15) is 0 Å². The van der Waals surface area contributed by atoms with Gasteiger partial charge in [-0.1, -0.05) is 6.92 Å². The molecule has 6 nitrogen and oxygen atoms in total. The van der Waals surface area contributed by atoms with Crippen LogP contribution in [0.25, 0.3) is 0 Å². The highest BCUT2D eigenvalue weighted by atomic mass is 16.6. The standard InChI is InChI=1S/C13H17N3O3/c1-2-14-5-7-15(8-6-14)13-4-3-12(16(18)19)9-11(13)10-17/h3-4,9-10H,2,5-8H2,1H3. The van der Waals surface area contributed by atoms with E-state index >= 15 is 0 Å². The van der Waals surface area contributed by atoms with E-state index in [-0.39, 0.29) is 5.69 Å². The molecule has 0 radical (unpaired) electrons. The van der Waals surface area contributed by atoms with Crippen molar-refractivity contribution in [2.24, 2.45) is 0 Å². The zero-order chi connectivity index (χ0) is 13.8. The summed E-state index contributed by atoms with van der Waals surface area (Å²) >= 11 is 0. The van der Waals surface area contributed by atoms with E-state index in [4.69, 9.17) is 0 Å². The number of nitrogens with zero attached hydrogens (tertiary/aromatic N) is 3. The number of non-ortho nitro benzene ring substituents is 1. The third-order valence-electron chi connectivity index (χ3n) is 3.51. The molecular formula is C13H17N3O3. The number of nitro benzene ring substituents is 1. The Morgan fingerprint density at radius 3 is 2.53 bits per heavy atom. The van der Waals surface area contributed by atoms with Crippen LogP contribution >= 0.6 is 0 Å². The van der Waals surface area contributed by atoms with Crippen molar-refractivity contribution < 1.29 is 9.72 Å². The number of nitro groups is 1. The number of hydrogen-bond acceptors (Lipinski definition) is 5. The van der Waals surface area contributed by atoms with Crippen molar-refractivity contribution in [2.45, 2.75) is 6.92 Å². The number of benzene rings is 1. The zero-order valence-corrected chi connectivity index (χ0v) is 10.9. The van der Waals surface area contributed by atoms with Crippen LogP contribution < -0.4 is 4.90 Å². The van der Waals surface area contributed by atoms with Crippen LogP contribution in [0.4, 0.5) is 11.4 Å². The molecule has 0 amide bonds. The maximum Gasteiger partial charge on any atom is 0.270 e. The van der Waals surface area contributed by atoms with Crippen molar-refractivity contribution in [1.82, 2.24) is 4.90 Å². The zero-order valence-electron chi connectivity index (χ0n) is 10.9. The van der Waals surface area contributed by atoms with Gasteiger partial charge in [-0.25, -0.2) is 0 Å². The summed E-state index contributed by atoms with van der Waals surface area (Å²) in [5.74, 6) is 0. The van der Waals surface area contributed by atoms with Crippen LogP contribution in [0.5, 0.6) is 0 Å². The van der Waals surface area contributed by atoms with Crippen molar-refractivity contribution in [3.63, 3.8) is 0 Å². The number of piperazine rings is 1. The van der Waals surface area contributed by atoms with Crippen molar-refractivity contribution >= 4 is 17.7 Å². The van der Waals surface area contributed by atoms with Crippen LogP contribution in [-0.2, 0) is 0 Å². The largest absolute Gasteiger partial charge is 0.368 e. The lowest BCUT2D eigenvalue weighted by molar-refractivity contribution is -0.384. The molecule has 0 atom stereocenters. The first-order chi connectivity index (χ1) is 9.15. The summed E-state index contributed by atoms with van der Waals surface area (Å²) in [5, 5.41) is 10.7. The monoisotopic (exact) mass is 263 g/mol. The summed E-state index contributed by atoms with van der Waals surface area (Å²) in [4.78, 5) is 25.8. The minimum absolute atomic E-state index is 0.0435. The van der Waals surface area contributed by atoms with Crippen molar-refractivity contribution in [3.05, 3.63) is 33.9 Å². The number of rotatable bonds is 4. The molecule has 1 aromatic carbocycles. The van der Waals surface area contributed by atoms with Crippen molar-refractivity contribution in [2.75, 3.05) is 37.6 Å². The van der Waals surface area contributed by atoms with Gasteiger partial charge in [0, 0.05) is 49.6 Å². The summed E-state index contributed by atoms with van der Waals surface area (Å²) in [6.45, 7) is 6.73. The van der Waals surface area contributed by atoms with Crippen molar-refractivity contribution in [3.8, 4) is 0 Å². The molecule has 2 rings (SSSR count). The fourth-order valence-electron chi connectivity index (χ4n) is 2.34. The molecule has 0 saturated carbocycles. The molecular weight excluding hydrogens is 246 g/mol. The van der Waals surface area contributed by atoms with Gasteiger partial charge in [-0.05, 0) is 12.6 Å². The number of carbonyl (C=O) groups excluding carboxylic acids is 1. The molecule has 0 spiro atoms. The smallest absolute Gasteiger partial charge is 0.270 e. The van der Waals surface area contributed by atoms with Crippen LogP contribution in [0.2, 0.25) is 0 Å². The van der Waals surface area contributed by atoms with E-state index in [9.17, 15) is 14.9 Å². The third kappa shape index (κ3) is 2.90. The first-order valence-corrected chi connectivity index (χ1v) is 6.36. The van der Waals surface area contributed by atoms with E-state index < -0.39 is 4.92 Å². The Balaban J connectivity index is 2.20. The molecule has 0 bridgehead atoms. The van der Waals surface area contributed by atoms with Crippen LogP contribution in [-0.4, -0.2) is 48.8 Å². The fourth-order valence-corrected chi connectivity index (χ4v) is 2.34. The van der Waals surface area contributed by atoms with Crippen LogP contribution in [0.15, 0.2) is 18.2 Å². The summed E-state index contributed by atoms with van der Waals surface area (Å²) in [7, 11) is 0. The Morgan fingerprint density at radius 2 is 2.00 bits per heavy atom. The molecule has 1 heterocycles. The Hall–Kier alpha value is -1.95. The number of carbonyl (C=O) groups is 1. The lowest BCUT2D eigenvalue weighted by Crippen LogP contribution is -2.46. The van der Waals surface area contributed by atoms with Gasteiger partial charge in [-0.3, -0.25) is 14.9 Å². The number of likely N-dealkylation sites (N-methyl/N-ethyl adjacent to an activating group) is 1. The Bertz CT molecular complexity index is 482. The van der Waals surface area contributed by atoms with Gasteiger partial charge in [0.05, 0.1) is 4.92 Å². The lowest BCUT2D eigenvalue weighted by atomic mass is 10.1. The first-order valence-electron chi connectivity index (χ1n) is 6.36. The highest BCUT2D eigenvalue weighted by Gasteiger charge is 2.19. The van der Waals surface area contributed by atoms with Gasteiger partial charge in [0.2, 0.25) is 0 Å². The van der Waals surface area contributed by atoms with Crippen molar-refractivity contribution in [1.29, 1.82) is 0 Å².